The molecule has 236 valence electrons. The molecule has 1 aromatic carbocycles. The number of rotatable bonds is 22. The first-order valence-corrected chi connectivity index (χ1v) is 14.5. The van der Waals surface area contributed by atoms with Crippen LogP contribution in [0.4, 0.5) is 10.5 Å². The Morgan fingerprint density at radius 2 is 1.51 bits per heavy atom. The minimum atomic E-state index is -0.808. The van der Waals surface area contributed by atoms with Crippen LogP contribution in [0, 0.1) is 11.5 Å². The van der Waals surface area contributed by atoms with E-state index in [9.17, 15) is 4.79 Å². The van der Waals surface area contributed by atoms with Crippen molar-refractivity contribution in [3.63, 3.8) is 0 Å². The van der Waals surface area contributed by atoms with E-state index in [0.29, 0.717) is 56.2 Å². The quantitative estimate of drug-likeness (QED) is 0.0337. The second kappa shape index (κ2) is 23.8. The van der Waals surface area contributed by atoms with Gasteiger partial charge >= 0.3 is 6.16 Å². The topological polar surface area (TPSA) is 157 Å². The standard InChI is InChI=1S/C29H40ClN5O8/c30-25-5-7-27(8-6-25)41-15-4-2-1-3-11-32-28(33-23-31)34-26-9-12-35(13-10-26)24-43-29(37)42-22-21-40-20-19-39-18-17-38-16-14-36/h5-10,12-13,36H,1-4,11,14-22,24H2,(H,32,33)/p+1. The lowest BCUT2D eigenvalue weighted by Crippen LogP contribution is -2.36. The van der Waals surface area contributed by atoms with Crippen molar-refractivity contribution in [2.75, 3.05) is 71.3 Å². The molecule has 0 saturated heterocycles. The summed E-state index contributed by atoms with van der Waals surface area (Å²) in [5.74, 6) is 1.16. The molecule has 0 atom stereocenters. The van der Waals surface area contributed by atoms with Crippen molar-refractivity contribution in [2.24, 2.45) is 4.99 Å². The maximum atomic E-state index is 11.8. The Kier molecular flexibility index (Phi) is 19.7. The number of nitrogens with zero attached hydrogens (tertiary/aromatic N) is 3. The number of aliphatic hydroxyl groups is 1. The lowest BCUT2D eigenvalue weighted by atomic mass is 10.2. The van der Waals surface area contributed by atoms with Gasteiger partial charge in [0.2, 0.25) is 5.96 Å². The molecule has 0 saturated carbocycles. The van der Waals surface area contributed by atoms with E-state index in [-0.39, 0.29) is 33.2 Å². The molecule has 0 bridgehead atoms. The van der Waals surface area contributed by atoms with E-state index < -0.39 is 6.16 Å². The van der Waals surface area contributed by atoms with Gasteiger partial charge in [-0.2, -0.15) is 9.83 Å². The average molecular weight is 623 g/mol. The molecule has 0 aliphatic carbocycles. The van der Waals surface area contributed by atoms with Crippen molar-refractivity contribution in [2.45, 2.75) is 32.4 Å². The summed E-state index contributed by atoms with van der Waals surface area (Å²) in [5, 5.41) is 24.0. The van der Waals surface area contributed by atoms with Gasteiger partial charge in [0.05, 0.1) is 58.5 Å². The molecule has 0 radical (unpaired) electrons. The van der Waals surface area contributed by atoms with Crippen molar-refractivity contribution in [1.82, 2.24) is 5.32 Å². The van der Waals surface area contributed by atoms with Crippen LogP contribution < -0.4 is 19.9 Å². The first-order chi connectivity index (χ1) is 21.1. The fourth-order valence-electron chi connectivity index (χ4n) is 3.37. The number of nitrogens with one attached hydrogen (secondary N) is 2. The van der Waals surface area contributed by atoms with E-state index in [1.165, 1.54) is 0 Å². The molecule has 3 N–H and O–H groups in total. The van der Waals surface area contributed by atoms with Gasteiger partial charge in [0.1, 0.15) is 12.4 Å². The first-order valence-electron chi connectivity index (χ1n) is 14.1. The number of nitriles is 1. The molecule has 2 rings (SSSR count). The number of hydrogen-bond donors (Lipinski definition) is 3. The van der Waals surface area contributed by atoms with Crippen LogP contribution in [0.25, 0.3) is 0 Å². The number of aliphatic hydroxyl groups excluding tert-OH is 1. The number of benzene rings is 1. The zero-order chi connectivity index (χ0) is 30.8. The van der Waals surface area contributed by atoms with Crippen molar-refractivity contribution in [1.29, 1.82) is 5.26 Å². The molecular weight excluding hydrogens is 582 g/mol. The zero-order valence-electron chi connectivity index (χ0n) is 24.2. The summed E-state index contributed by atoms with van der Waals surface area (Å²) in [6.07, 6.45) is 8.33. The maximum Gasteiger partial charge on any atom is 0.513 e. The van der Waals surface area contributed by atoms with Crippen LogP contribution >= 0.6 is 11.6 Å². The highest BCUT2D eigenvalue weighted by molar-refractivity contribution is 6.30. The predicted molar refractivity (Wildman–Crippen MR) is 159 cm³/mol. The summed E-state index contributed by atoms with van der Waals surface area (Å²) < 4.78 is 33.1. The zero-order valence-corrected chi connectivity index (χ0v) is 25.0. The van der Waals surface area contributed by atoms with Crippen molar-refractivity contribution in [3.8, 4) is 11.9 Å². The smallest absolute Gasteiger partial charge is 0.494 e. The third kappa shape index (κ3) is 18.5. The number of unbranched alkanes of at least 4 members (excludes halogenated alkanes) is 3. The van der Waals surface area contributed by atoms with Gasteiger partial charge in [-0.3, -0.25) is 10.3 Å². The number of ether oxygens (including phenoxy) is 6. The minimum absolute atomic E-state index is 0.0143. The van der Waals surface area contributed by atoms with Crippen LogP contribution in [0.2, 0.25) is 5.02 Å². The lowest BCUT2D eigenvalue weighted by molar-refractivity contribution is -0.727. The number of pyridine rings is 1. The molecule has 0 unspecified atom stereocenters. The predicted octanol–water partition coefficient (Wildman–Crippen LogP) is 3.26. The molecular formula is C29H41ClN5O8+. The van der Waals surface area contributed by atoms with Crippen LogP contribution in [-0.2, 0) is 30.4 Å². The van der Waals surface area contributed by atoms with Crippen LogP contribution in [-0.4, -0.2) is 83.2 Å². The van der Waals surface area contributed by atoms with E-state index in [4.69, 9.17) is 50.4 Å². The van der Waals surface area contributed by atoms with Gasteiger partial charge < -0.3 is 38.8 Å². The second-order valence-electron chi connectivity index (χ2n) is 8.84. The number of carbonyl (C=O) groups excluding carboxylic acids is 1. The van der Waals surface area contributed by atoms with E-state index in [1.54, 1.807) is 41.2 Å². The Bertz CT molecular complexity index is 1080. The summed E-state index contributed by atoms with van der Waals surface area (Å²) in [5.41, 5.74) is 0.707. The minimum Gasteiger partial charge on any atom is -0.494 e. The monoisotopic (exact) mass is 622 g/mol. The van der Waals surface area contributed by atoms with Gasteiger partial charge in [-0.05, 0) is 43.5 Å². The molecule has 1 aromatic heterocycles. The highest BCUT2D eigenvalue weighted by atomic mass is 35.5. The summed E-state index contributed by atoms with van der Waals surface area (Å²) in [6, 6.07) is 10.8. The number of aromatic nitrogens is 1. The molecule has 2 aromatic rings. The van der Waals surface area contributed by atoms with Crippen molar-refractivity contribution < 1.29 is 42.9 Å². The van der Waals surface area contributed by atoms with Crippen molar-refractivity contribution in [3.05, 3.63) is 53.8 Å². The second-order valence-corrected chi connectivity index (χ2v) is 9.28. The molecule has 0 fully saturated rings. The number of guanidine groups is 1. The normalized spacial score (nSPS) is 11.0. The number of hydrogen-bond acceptors (Lipinski definition) is 10. The van der Waals surface area contributed by atoms with Crippen LogP contribution in [0.3, 0.4) is 0 Å². The third-order valence-electron chi connectivity index (χ3n) is 5.49. The molecule has 14 heteroatoms. The Labute approximate surface area is 257 Å². The van der Waals surface area contributed by atoms with Gasteiger partial charge in [-0.1, -0.05) is 18.0 Å². The van der Waals surface area contributed by atoms with E-state index >= 15 is 0 Å². The number of halogens is 1. The van der Waals surface area contributed by atoms with Crippen LogP contribution in [0.5, 0.6) is 5.75 Å². The number of carbonyl (C=O) groups is 1. The van der Waals surface area contributed by atoms with E-state index in [1.807, 2.05) is 18.3 Å². The highest BCUT2D eigenvalue weighted by Gasteiger charge is 2.09. The average Bonchev–Trinajstić information content (AvgIpc) is 3.01. The third-order valence-corrected chi connectivity index (χ3v) is 5.74. The number of anilines is 1. The van der Waals surface area contributed by atoms with Gasteiger partial charge in [0.25, 0.3) is 6.73 Å². The Balaban J connectivity index is 1.53. The molecule has 43 heavy (non-hydrogen) atoms. The van der Waals surface area contributed by atoms with Gasteiger partial charge in [-0.25, -0.2) is 4.79 Å². The fraction of sp³-hybridized carbons (Fsp3) is 0.517. The molecule has 0 spiro atoms. The van der Waals surface area contributed by atoms with E-state index in [2.05, 4.69) is 15.6 Å². The van der Waals surface area contributed by atoms with Gasteiger partial charge in [0, 0.05) is 23.7 Å². The maximum absolute atomic E-state index is 11.8. The highest BCUT2D eigenvalue weighted by Crippen LogP contribution is 2.16. The van der Waals surface area contributed by atoms with Crippen LogP contribution in [0.15, 0.2) is 53.8 Å². The van der Waals surface area contributed by atoms with Crippen LogP contribution in [0.1, 0.15) is 25.7 Å². The molecule has 13 nitrogen and oxygen atoms in total. The largest absolute Gasteiger partial charge is 0.513 e. The Morgan fingerprint density at radius 1 is 0.860 bits per heavy atom. The first kappa shape index (κ1) is 35.5. The fourth-order valence-corrected chi connectivity index (χ4v) is 3.49. The lowest BCUT2D eigenvalue weighted by Gasteiger charge is -2.08. The number of aliphatic imine (C=N–C) groups is 1. The summed E-state index contributed by atoms with van der Waals surface area (Å²) >= 11 is 5.87. The molecule has 0 aliphatic rings. The van der Waals surface area contributed by atoms with Crippen molar-refractivity contribution >= 4 is 29.4 Å². The van der Waals surface area contributed by atoms with Gasteiger partial charge in [-0.15, -0.1) is 0 Å². The van der Waals surface area contributed by atoms with Gasteiger partial charge in [0.15, 0.2) is 18.6 Å². The Morgan fingerprint density at radius 3 is 2.19 bits per heavy atom. The van der Waals surface area contributed by atoms with E-state index in [0.717, 1.165) is 31.4 Å². The molecule has 0 aliphatic heterocycles. The summed E-state index contributed by atoms with van der Waals surface area (Å²) in [4.78, 5) is 16.2. The summed E-state index contributed by atoms with van der Waals surface area (Å²) in [6.45, 7) is 3.29. The Hall–Kier alpha value is -3.67. The molecule has 1 heterocycles. The summed E-state index contributed by atoms with van der Waals surface area (Å²) in [7, 11) is 0. The molecule has 0 amide bonds. The SMILES string of the molecule is N#CNC(=NCCCCCCOc1ccc(Cl)cc1)Nc1cc[n+](COC(=O)OCCOCCOCCOCCO)cc1.